The van der Waals surface area contributed by atoms with Gasteiger partial charge in [-0.05, 0) is 56.9 Å². The minimum atomic E-state index is -4.49. The fourth-order valence-corrected chi connectivity index (χ4v) is 3.70. The van der Waals surface area contributed by atoms with Gasteiger partial charge >= 0.3 is 12.1 Å². The largest absolute Gasteiger partial charge is 0.497 e. The molecular weight excluding hydrogens is 359 g/mol. The molecule has 0 saturated heterocycles. The highest BCUT2D eigenvalue weighted by atomic mass is 19.4. The van der Waals surface area contributed by atoms with E-state index >= 15 is 0 Å². The zero-order valence-corrected chi connectivity index (χ0v) is 15.3. The van der Waals surface area contributed by atoms with Crippen LogP contribution in [-0.2, 0) is 15.7 Å². The first-order valence-corrected chi connectivity index (χ1v) is 9.06. The highest BCUT2D eigenvalue weighted by Gasteiger charge is 2.38. The van der Waals surface area contributed by atoms with Crippen molar-refractivity contribution < 1.29 is 27.4 Å². The molecule has 1 aromatic carbocycles. The van der Waals surface area contributed by atoms with E-state index < -0.39 is 11.7 Å². The minimum Gasteiger partial charge on any atom is -0.497 e. The summed E-state index contributed by atoms with van der Waals surface area (Å²) in [6, 6.07) is 6.06. The van der Waals surface area contributed by atoms with Gasteiger partial charge in [0.1, 0.15) is 5.75 Å². The van der Waals surface area contributed by atoms with Crippen molar-refractivity contribution in [3.8, 4) is 5.75 Å². The lowest BCUT2D eigenvalue weighted by Gasteiger charge is -2.28. The molecule has 0 amide bonds. The summed E-state index contributed by atoms with van der Waals surface area (Å²) in [4.78, 5) is 16.2. The molecule has 0 bridgehead atoms. The van der Waals surface area contributed by atoms with Gasteiger partial charge in [0.15, 0.2) is 0 Å². The summed E-state index contributed by atoms with van der Waals surface area (Å²) in [5.74, 6) is -0.329. The van der Waals surface area contributed by atoms with Crippen LogP contribution in [0, 0.1) is 5.92 Å². The van der Waals surface area contributed by atoms with Gasteiger partial charge in [-0.25, -0.2) is 0 Å². The van der Waals surface area contributed by atoms with E-state index in [9.17, 15) is 18.0 Å². The SMILES string of the molecule is CCOC(=O)C1CCC(c2nc3ccc(OC)cc3cc2C(F)(F)F)CC1. The molecular formula is C20H22F3NO3. The summed E-state index contributed by atoms with van der Waals surface area (Å²) in [5, 5.41) is 0.394. The number of hydrogen-bond acceptors (Lipinski definition) is 4. The standard InChI is InChI=1S/C20H22F3NO3/c1-3-27-19(25)13-6-4-12(5-7-13)18-16(20(21,22)23)11-14-10-15(26-2)8-9-17(14)24-18/h8-13H,3-7H2,1-2H3. The lowest BCUT2D eigenvalue weighted by atomic mass is 9.79. The van der Waals surface area contributed by atoms with Crippen molar-refractivity contribution in [2.45, 2.75) is 44.7 Å². The molecule has 1 aliphatic carbocycles. The van der Waals surface area contributed by atoms with Crippen LogP contribution < -0.4 is 4.74 Å². The fourth-order valence-electron chi connectivity index (χ4n) is 3.70. The van der Waals surface area contributed by atoms with E-state index in [1.807, 2.05) is 0 Å². The van der Waals surface area contributed by atoms with E-state index in [2.05, 4.69) is 4.98 Å². The molecule has 1 aliphatic rings. The maximum absolute atomic E-state index is 13.7. The number of nitrogens with zero attached hydrogens (tertiary/aromatic N) is 1. The van der Waals surface area contributed by atoms with E-state index in [1.54, 1.807) is 25.1 Å². The van der Waals surface area contributed by atoms with Crippen molar-refractivity contribution in [1.29, 1.82) is 0 Å². The molecule has 0 radical (unpaired) electrons. The Morgan fingerprint density at radius 1 is 1.19 bits per heavy atom. The van der Waals surface area contributed by atoms with Crippen LogP contribution in [0.3, 0.4) is 0 Å². The van der Waals surface area contributed by atoms with Gasteiger partial charge < -0.3 is 9.47 Å². The Morgan fingerprint density at radius 3 is 2.48 bits per heavy atom. The van der Waals surface area contributed by atoms with Crippen molar-refractivity contribution in [2.24, 2.45) is 5.92 Å². The monoisotopic (exact) mass is 381 g/mol. The number of methoxy groups -OCH3 is 1. The second-order valence-electron chi connectivity index (χ2n) is 6.78. The number of ether oxygens (including phenoxy) is 2. The number of aromatic nitrogens is 1. The van der Waals surface area contributed by atoms with Crippen molar-refractivity contribution in [2.75, 3.05) is 13.7 Å². The lowest BCUT2D eigenvalue weighted by molar-refractivity contribution is -0.149. The van der Waals surface area contributed by atoms with E-state index in [0.29, 0.717) is 48.9 Å². The van der Waals surface area contributed by atoms with Gasteiger partial charge in [-0.2, -0.15) is 13.2 Å². The number of benzene rings is 1. The van der Waals surface area contributed by atoms with E-state index in [0.717, 1.165) is 6.07 Å². The maximum Gasteiger partial charge on any atom is 0.418 e. The molecule has 4 nitrogen and oxygen atoms in total. The van der Waals surface area contributed by atoms with Crippen LogP contribution in [0.25, 0.3) is 10.9 Å². The van der Waals surface area contributed by atoms with E-state index in [4.69, 9.17) is 9.47 Å². The van der Waals surface area contributed by atoms with Crippen molar-refractivity contribution in [1.82, 2.24) is 4.98 Å². The number of halogens is 3. The first kappa shape index (κ1) is 19.5. The molecule has 2 aromatic rings. The number of carbonyl (C=O) groups is 1. The third-order valence-electron chi connectivity index (χ3n) is 5.09. The number of alkyl halides is 3. The molecule has 0 atom stereocenters. The van der Waals surface area contributed by atoms with Crippen LogP contribution in [0.2, 0.25) is 0 Å². The highest BCUT2D eigenvalue weighted by molar-refractivity contribution is 5.81. The Bertz CT molecular complexity index is 827. The fraction of sp³-hybridized carbons (Fsp3) is 0.500. The quantitative estimate of drug-likeness (QED) is 0.692. The molecule has 3 rings (SSSR count). The first-order chi connectivity index (χ1) is 12.8. The molecule has 0 spiro atoms. The molecule has 7 heteroatoms. The van der Waals surface area contributed by atoms with Crippen LogP contribution in [-0.4, -0.2) is 24.7 Å². The number of carbonyl (C=O) groups excluding carboxylic acids is 1. The maximum atomic E-state index is 13.7. The molecule has 1 aromatic heterocycles. The first-order valence-electron chi connectivity index (χ1n) is 9.06. The Balaban J connectivity index is 1.92. The third-order valence-corrected chi connectivity index (χ3v) is 5.09. The predicted molar refractivity (Wildman–Crippen MR) is 94.6 cm³/mol. The van der Waals surface area contributed by atoms with Crippen LogP contribution >= 0.6 is 0 Å². The van der Waals surface area contributed by atoms with E-state index in [1.165, 1.54) is 7.11 Å². The summed E-state index contributed by atoms with van der Waals surface area (Å²) in [6.45, 7) is 2.06. The summed E-state index contributed by atoms with van der Waals surface area (Å²) in [5.41, 5.74) is -0.128. The Labute approximate surface area is 155 Å². The van der Waals surface area contributed by atoms with Crippen LogP contribution in [0.15, 0.2) is 24.3 Å². The van der Waals surface area contributed by atoms with Crippen LogP contribution in [0.4, 0.5) is 13.2 Å². The van der Waals surface area contributed by atoms with Crippen LogP contribution in [0.5, 0.6) is 5.75 Å². The smallest absolute Gasteiger partial charge is 0.418 e. The third kappa shape index (κ3) is 4.17. The number of fused-ring (bicyclic) bond motifs is 1. The molecule has 0 unspecified atom stereocenters. The van der Waals surface area contributed by atoms with Gasteiger partial charge in [-0.1, -0.05) is 0 Å². The summed E-state index contributed by atoms with van der Waals surface area (Å²) in [7, 11) is 1.47. The van der Waals surface area contributed by atoms with Crippen molar-refractivity contribution in [3.05, 3.63) is 35.5 Å². The Morgan fingerprint density at radius 2 is 1.89 bits per heavy atom. The average molecular weight is 381 g/mol. The molecule has 0 aliphatic heterocycles. The Kier molecular flexibility index (Phi) is 5.58. The zero-order chi connectivity index (χ0) is 19.6. The zero-order valence-electron chi connectivity index (χ0n) is 15.3. The number of esters is 1. The topological polar surface area (TPSA) is 48.4 Å². The summed E-state index contributed by atoms with van der Waals surface area (Å²) in [6.07, 6.45) is -2.48. The lowest BCUT2D eigenvalue weighted by Crippen LogP contribution is -2.24. The molecule has 1 saturated carbocycles. The van der Waals surface area contributed by atoms with Gasteiger partial charge in [0, 0.05) is 11.3 Å². The van der Waals surface area contributed by atoms with Gasteiger partial charge in [0.25, 0.3) is 0 Å². The van der Waals surface area contributed by atoms with Crippen LogP contribution in [0.1, 0.15) is 49.8 Å². The Hall–Kier alpha value is -2.31. The average Bonchev–Trinajstić information content (AvgIpc) is 2.66. The second-order valence-corrected chi connectivity index (χ2v) is 6.78. The van der Waals surface area contributed by atoms with Crippen molar-refractivity contribution >= 4 is 16.9 Å². The number of pyridine rings is 1. The molecule has 1 heterocycles. The van der Waals surface area contributed by atoms with Gasteiger partial charge in [-0.3, -0.25) is 9.78 Å². The van der Waals surface area contributed by atoms with Crippen molar-refractivity contribution in [3.63, 3.8) is 0 Å². The second kappa shape index (κ2) is 7.74. The highest BCUT2D eigenvalue weighted by Crippen LogP contribution is 2.42. The number of hydrogen-bond donors (Lipinski definition) is 0. The van der Waals surface area contributed by atoms with Gasteiger partial charge in [0.05, 0.1) is 36.4 Å². The number of rotatable bonds is 4. The molecule has 1 fully saturated rings. The van der Waals surface area contributed by atoms with Gasteiger partial charge in [0.2, 0.25) is 0 Å². The van der Waals surface area contributed by atoms with Gasteiger partial charge in [-0.15, -0.1) is 0 Å². The molecule has 146 valence electrons. The van der Waals surface area contributed by atoms with E-state index in [-0.39, 0.29) is 23.5 Å². The summed E-state index contributed by atoms with van der Waals surface area (Å²) < 4.78 is 51.1. The predicted octanol–water partition coefficient (Wildman–Crippen LogP) is 5.10. The molecule has 0 N–H and O–H groups in total. The summed E-state index contributed by atoms with van der Waals surface area (Å²) >= 11 is 0. The normalized spacial score (nSPS) is 20.5. The minimum absolute atomic E-state index is 0.0717. The molecule has 27 heavy (non-hydrogen) atoms.